The summed E-state index contributed by atoms with van der Waals surface area (Å²) in [6.45, 7) is 4.72. The first-order chi connectivity index (χ1) is 39.5. The van der Waals surface area contributed by atoms with Crippen LogP contribution in [0.5, 0.6) is 0 Å². The van der Waals surface area contributed by atoms with Gasteiger partial charge in [0.05, 0.1) is 39.9 Å². The van der Waals surface area contributed by atoms with E-state index >= 15 is 0 Å². The Morgan fingerprint density at radius 2 is 0.679 bits per heavy atom. The standard InChI is InChI=1S/C72H143N2O6P/c1-6-8-10-12-14-16-18-20-22-24-26-28-30-32-34-36-38-39-41-43-45-47-49-51-53-55-57-59-61-63-65-71(75)70(69-80-81(77,78)79-68-67-74(3,4)5)73-72(76)66-64-62-60-58-56-54-52-50-48-46-44-42-40-37-35-33-31-29-27-25-23-21-19-17-15-13-11-9-7-2/h25,27,63,65,70-71,75H,6-24,26,28-62,64,66-69H2,1-5H3,(H-,73,76,77,78)/b27-25-,65-63+. The molecule has 2 N–H and O–H groups in total. The van der Waals surface area contributed by atoms with E-state index in [4.69, 9.17) is 9.05 Å². The zero-order valence-corrected chi connectivity index (χ0v) is 56.2. The number of aliphatic hydroxyl groups excluding tert-OH is 1. The SMILES string of the molecule is CCCCCCCCCC/C=C\CCCCCCCCCCCCCCCCCCCC(=O)NC(COP(=O)([O-])OCC[N+](C)(C)C)C(O)/C=C/CCCCCCCCCCCCCCCCCCCCCCCCCCCCCC. The van der Waals surface area contributed by atoms with Gasteiger partial charge in [0.25, 0.3) is 7.82 Å². The summed E-state index contributed by atoms with van der Waals surface area (Å²) in [6.07, 6.45) is 83.1. The Kier molecular flexibility index (Phi) is 62.7. The van der Waals surface area contributed by atoms with Gasteiger partial charge in [-0.25, -0.2) is 0 Å². The maximum atomic E-state index is 13.0. The molecule has 0 aromatic carbocycles. The smallest absolute Gasteiger partial charge is 0.268 e. The minimum absolute atomic E-state index is 0.00184. The van der Waals surface area contributed by atoms with E-state index in [1.54, 1.807) is 6.08 Å². The zero-order chi connectivity index (χ0) is 59.1. The Hall–Kier alpha value is -1.02. The van der Waals surface area contributed by atoms with E-state index in [1.807, 2.05) is 27.2 Å². The van der Waals surface area contributed by atoms with Crippen molar-refractivity contribution in [2.24, 2.45) is 0 Å². The third kappa shape index (κ3) is 66.4. The second kappa shape index (κ2) is 63.5. The lowest BCUT2D eigenvalue weighted by Crippen LogP contribution is -2.45. The molecule has 0 fully saturated rings. The van der Waals surface area contributed by atoms with E-state index in [2.05, 4.69) is 31.3 Å². The summed E-state index contributed by atoms with van der Waals surface area (Å²) in [4.78, 5) is 25.6. The van der Waals surface area contributed by atoms with Crippen molar-refractivity contribution in [1.29, 1.82) is 0 Å². The Labute approximate surface area is 506 Å². The van der Waals surface area contributed by atoms with Crippen LogP contribution in [0.4, 0.5) is 0 Å². The summed E-state index contributed by atoms with van der Waals surface area (Å²) in [5.41, 5.74) is 0. The van der Waals surface area contributed by atoms with Crippen molar-refractivity contribution in [2.75, 3.05) is 40.9 Å². The molecule has 0 aliphatic heterocycles. The first-order valence-electron chi connectivity index (χ1n) is 36.2. The fraction of sp³-hybridized carbons (Fsp3) is 0.931. The van der Waals surface area contributed by atoms with Gasteiger partial charge in [0.1, 0.15) is 13.2 Å². The number of carbonyl (C=O) groups excluding carboxylic acids is 1. The predicted octanol–water partition coefficient (Wildman–Crippen LogP) is 22.4. The maximum Gasteiger partial charge on any atom is 0.268 e. The lowest BCUT2D eigenvalue weighted by Gasteiger charge is -2.29. The van der Waals surface area contributed by atoms with E-state index in [0.29, 0.717) is 17.4 Å². The minimum Gasteiger partial charge on any atom is -0.756 e. The Morgan fingerprint density at radius 1 is 0.420 bits per heavy atom. The molecule has 0 spiro atoms. The molecular formula is C72H143N2O6P. The third-order valence-electron chi connectivity index (χ3n) is 16.9. The number of allylic oxidation sites excluding steroid dienone is 3. The summed E-state index contributed by atoms with van der Waals surface area (Å²) in [5.74, 6) is -0.189. The Morgan fingerprint density at radius 3 is 0.963 bits per heavy atom. The lowest BCUT2D eigenvalue weighted by atomic mass is 10.0. The summed E-state index contributed by atoms with van der Waals surface area (Å²) in [6, 6.07) is -0.886. The molecule has 1 amide bonds. The second-order valence-electron chi connectivity index (χ2n) is 26.3. The summed E-state index contributed by atoms with van der Waals surface area (Å²) in [5, 5.41) is 14.0. The number of likely N-dealkylation sites (N-methyl/N-ethyl adjacent to an activating group) is 1. The molecule has 0 bridgehead atoms. The van der Waals surface area contributed by atoms with E-state index in [-0.39, 0.29) is 19.1 Å². The van der Waals surface area contributed by atoms with Crippen LogP contribution in [-0.2, 0) is 18.4 Å². The van der Waals surface area contributed by atoms with E-state index in [0.717, 1.165) is 38.5 Å². The quantitative estimate of drug-likeness (QED) is 0.0272. The molecule has 482 valence electrons. The molecule has 81 heavy (non-hydrogen) atoms. The molecule has 0 aliphatic carbocycles. The molecule has 0 rings (SSSR count). The molecule has 0 heterocycles. The summed E-state index contributed by atoms with van der Waals surface area (Å²) < 4.78 is 23.5. The normalized spacial score (nSPS) is 13.7. The van der Waals surface area contributed by atoms with Gasteiger partial charge in [0.15, 0.2) is 0 Å². The van der Waals surface area contributed by atoms with Gasteiger partial charge in [-0.15, -0.1) is 0 Å². The molecule has 3 unspecified atom stereocenters. The molecular weight excluding hydrogens is 1020 g/mol. The number of nitrogens with one attached hydrogen (secondary N) is 1. The van der Waals surface area contributed by atoms with Crippen LogP contribution in [0.25, 0.3) is 0 Å². The van der Waals surface area contributed by atoms with Gasteiger partial charge in [-0.2, -0.15) is 0 Å². The number of aliphatic hydroxyl groups is 1. The molecule has 8 nitrogen and oxygen atoms in total. The lowest BCUT2D eigenvalue weighted by molar-refractivity contribution is -0.870. The van der Waals surface area contributed by atoms with Gasteiger partial charge in [0.2, 0.25) is 5.91 Å². The molecule has 0 radical (unpaired) electrons. The van der Waals surface area contributed by atoms with Crippen molar-refractivity contribution in [3.8, 4) is 0 Å². The number of hydrogen-bond donors (Lipinski definition) is 2. The van der Waals surface area contributed by atoms with Gasteiger partial charge in [0, 0.05) is 6.42 Å². The van der Waals surface area contributed by atoms with Crippen LogP contribution in [0.2, 0.25) is 0 Å². The summed E-state index contributed by atoms with van der Waals surface area (Å²) in [7, 11) is 1.28. The Bertz CT molecular complexity index is 1370. The van der Waals surface area contributed by atoms with Gasteiger partial charge in [-0.05, 0) is 44.9 Å². The highest BCUT2D eigenvalue weighted by molar-refractivity contribution is 7.45. The van der Waals surface area contributed by atoms with Gasteiger partial charge >= 0.3 is 0 Å². The number of rotatable bonds is 68. The molecule has 0 saturated carbocycles. The number of carbonyl (C=O) groups is 1. The van der Waals surface area contributed by atoms with Crippen molar-refractivity contribution in [3.63, 3.8) is 0 Å². The van der Waals surface area contributed by atoms with Crippen molar-refractivity contribution < 1.29 is 32.9 Å². The van der Waals surface area contributed by atoms with Crippen molar-refractivity contribution in [3.05, 3.63) is 24.3 Å². The highest BCUT2D eigenvalue weighted by Crippen LogP contribution is 2.38. The van der Waals surface area contributed by atoms with Crippen LogP contribution < -0.4 is 10.2 Å². The number of quaternary nitrogens is 1. The number of unbranched alkanes of at least 4 members (excludes halogenated alkanes) is 53. The number of nitrogens with zero attached hydrogens (tertiary/aromatic N) is 1. The van der Waals surface area contributed by atoms with Gasteiger partial charge < -0.3 is 28.8 Å². The molecule has 0 aliphatic rings. The second-order valence-corrected chi connectivity index (χ2v) is 27.7. The van der Waals surface area contributed by atoms with Crippen LogP contribution in [0, 0.1) is 0 Å². The number of phosphoric ester groups is 1. The van der Waals surface area contributed by atoms with Gasteiger partial charge in [-0.3, -0.25) is 9.36 Å². The molecule has 0 aromatic rings. The zero-order valence-electron chi connectivity index (χ0n) is 55.3. The highest BCUT2D eigenvalue weighted by atomic mass is 31.2. The number of phosphoric acid groups is 1. The topological polar surface area (TPSA) is 108 Å². The van der Waals surface area contributed by atoms with E-state index < -0.39 is 20.0 Å². The average Bonchev–Trinajstić information content (AvgIpc) is 3.43. The first-order valence-corrected chi connectivity index (χ1v) is 37.7. The third-order valence-corrected chi connectivity index (χ3v) is 17.9. The van der Waals surface area contributed by atoms with Crippen LogP contribution in [-0.4, -0.2) is 68.5 Å². The van der Waals surface area contributed by atoms with Gasteiger partial charge in [-0.1, -0.05) is 353 Å². The van der Waals surface area contributed by atoms with Crippen molar-refractivity contribution in [1.82, 2.24) is 5.32 Å². The molecule has 0 saturated heterocycles. The largest absolute Gasteiger partial charge is 0.756 e. The fourth-order valence-corrected chi connectivity index (χ4v) is 12.0. The van der Waals surface area contributed by atoms with Crippen molar-refractivity contribution >= 4 is 13.7 Å². The van der Waals surface area contributed by atoms with Crippen LogP contribution in [0.15, 0.2) is 24.3 Å². The van der Waals surface area contributed by atoms with Crippen LogP contribution >= 0.6 is 7.82 Å². The monoisotopic (exact) mass is 1160 g/mol. The van der Waals surface area contributed by atoms with E-state index in [1.165, 1.54) is 321 Å². The minimum atomic E-state index is -4.60. The average molecular weight is 1160 g/mol. The maximum absolute atomic E-state index is 13.0. The first kappa shape index (κ1) is 80.0. The molecule has 9 heteroatoms. The predicted molar refractivity (Wildman–Crippen MR) is 353 cm³/mol. The van der Waals surface area contributed by atoms with Crippen molar-refractivity contribution in [2.45, 2.75) is 392 Å². The summed E-state index contributed by atoms with van der Waals surface area (Å²) >= 11 is 0. The number of hydrogen-bond acceptors (Lipinski definition) is 6. The van der Waals surface area contributed by atoms with Crippen LogP contribution in [0.1, 0.15) is 380 Å². The van der Waals surface area contributed by atoms with E-state index in [9.17, 15) is 19.4 Å². The Balaban J connectivity index is 4.02. The molecule has 3 atom stereocenters. The van der Waals surface area contributed by atoms with Crippen LogP contribution in [0.3, 0.4) is 0 Å². The molecule has 0 aromatic heterocycles. The highest BCUT2D eigenvalue weighted by Gasteiger charge is 2.23. The number of amides is 1. The fourth-order valence-electron chi connectivity index (χ4n) is 11.3.